The van der Waals surface area contributed by atoms with Gasteiger partial charge in [-0.3, -0.25) is 0 Å². The summed E-state index contributed by atoms with van der Waals surface area (Å²) in [6.07, 6.45) is 0. The first-order valence-corrected chi connectivity index (χ1v) is 26.1. The zero-order valence-corrected chi connectivity index (χ0v) is 41.5. The molecule has 0 saturated heterocycles. The maximum atomic E-state index is 5.06. The Hall–Kier alpha value is -9.23. The molecule has 5 nitrogen and oxygen atoms in total. The van der Waals surface area contributed by atoms with Gasteiger partial charge in [0, 0.05) is 75.4 Å². The van der Waals surface area contributed by atoms with Gasteiger partial charge in [-0.25, -0.2) is 15.0 Å². The second kappa shape index (κ2) is 16.4. The van der Waals surface area contributed by atoms with Gasteiger partial charge in [-0.05, 0) is 81.9 Å². The molecule has 6 heteroatoms. The molecule has 4 heterocycles. The van der Waals surface area contributed by atoms with Gasteiger partial charge < -0.3 is 9.13 Å². The van der Waals surface area contributed by atoms with Crippen LogP contribution in [0.25, 0.3) is 132 Å². The SMILES string of the molecule is CC1(C)c2ccccc2-c2c1c1ccc3c4cc(-c5cccc6c5sc5ccccc56)ccc4n(-c4ccc(-c5cccc(-c6nc(-c7ccccc7)nc(-c7ccccc7)n6)c5)cc4)c3c1n2-c1ccccc1. The normalized spacial score (nSPS) is 12.8. The first-order chi connectivity index (χ1) is 36.5. The highest BCUT2D eigenvalue weighted by atomic mass is 32.1. The zero-order chi connectivity index (χ0) is 49.1. The van der Waals surface area contributed by atoms with E-state index in [1.807, 2.05) is 72.0 Å². The highest BCUT2D eigenvalue weighted by Crippen LogP contribution is 2.55. The second-order valence-corrected chi connectivity index (χ2v) is 21.0. The minimum atomic E-state index is -0.214. The fourth-order valence-electron chi connectivity index (χ4n) is 12.0. The van der Waals surface area contributed by atoms with Crippen LogP contribution in [-0.4, -0.2) is 24.1 Å². The number of fused-ring (bicyclic) bond motifs is 12. The Balaban J connectivity index is 0.940. The Labute approximate surface area is 432 Å². The number of para-hydroxylation sites is 1. The Morgan fingerprint density at radius 3 is 1.68 bits per heavy atom. The summed E-state index contributed by atoms with van der Waals surface area (Å²) in [6.45, 7) is 4.79. The van der Waals surface area contributed by atoms with Crippen LogP contribution >= 0.6 is 11.3 Å². The lowest BCUT2D eigenvalue weighted by molar-refractivity contribution is 0.666. The molecular formula is C68H45N5S. The van der Waals surface area contributed by atoms with Gasteiger partial charge in [0.1, 0.15) is 0 Å². The predicted octanol–water partition coefficient (Wildman–Crippen LogP) is 17.9. The molecule has 0 radical (unpaired) electrons. The third-order valence-corrected chi connectivity index (χ3v) is 16.6. The number of aromatic nitrogens is 5. The Morgan fingerprint density at radius 1 is 0.365 bits per heavy atom. The maximum Gasteiger partial charge on any atom is 0.164 e. The van der Waals surface area contributed by atoms with E-state index in [0.29, 0.717) is 17.5 Å². The zero-order valence-electron chi connectivity index (χ0n) is 40.7. The lowest BCUT2D eigenvalue weighted by Crippen LogP contribution is -2.14. The highest BCUT2D eigenvalue weighted by Gasteiger charge is 2.41. The summed E-state index contributed by atoms with van der Waals surface area (Å²) in [5.74, 6) is 1.92. The molecule has 0 spiro atoms. The lowest BCUT2D eigenvalue weighted by Gasteiger charge is -2.21. The van der Waals surface area contributed by atoms with Crippen molar-refractivity contribution >= 4 is 64.2 Å². The monoisotopic (exact) mass is 963 g/mol. The van der Waals surface area contributed by atoms with Crippen LogP contribution in [0.2, 0.25) is 0 Å². The standard InChI is InChI=1S/C68H45N5S/c1-68(2)57-30-14-12-27-54(57)61-60(68)55-38-37-52-56-41-46(50-28-17-29-53-51-26-13-15-31-59(51)74-64(50)53)34-39-58(56)72(62(52)63(55)73(61)48-24-10-5-11-25-48)49-35-32-42(33-36-49)45-22-16-23-47(40-45)67-70-65(43-18-6-3-7-19-43)69-66(71-67)44-20-8-4-9-21-44/h3-41H,1-2H3. The van der Waals surface area contributed by atoms with Crippen molar-refractivity contribution in [2.24, 2.45) is 0 Å². The maximum absolute atomic E-state index is 5.06. The van der Waals surface area contributed by atoms with Crippen LogP contribution in [0.5, 0.6) is 0 Å². The van der Waals surface area contributed by atoms with Crippen molar-refractivity contribution in [2.45, 2.75) is 19.3 Å². The molecule has 4 aromatic heterocycles. The molecule has 1 aliphatic rings. The van der Waals surface area contributed by atoms with Crippen LogP contribution in [0.1, 0.15) is 25.0 Å². The average Bonchev–Trinajstić information content (AvgIpc) is 4.31. The van der Waals surface area contributed by atoms with E-state index in [9.17, 15) is 0 Å². The fraction of sp³-hybridized carbons (Fsp3) is 0.0441. The molecule has 15 rings (SSSR count). The van der Waals surface area contributed by atoms with Crippen LogP contribution in [0.15, 0.2) is 237 Å². The summed E-state index contributed by atoms with van der Waals surface area (Å²) >= 11 is 1.88. The summed E-state index contributed by atoms with van der Waals surface area (Å²) in [7, 11) is 0. The Kier molecular flexibility index (Phi) is 9.41. The third kappa shape index (κ3) is 6.45. The summed E-state index contributed by atoms with van der Waals surface area (Å²) in [6, 6.07) is 85.4. The molecule has 10 aromatic carbocycles. The molecule has 0 saturated carbocycles. The molecule has 348 valence electrons. The minimum Gasteiger partial charge on any atom is -0.307 e. The number of hydrogen-bond acceptors (Lipinski definition) is 4. The first kappa shape index (κ1) is 42.5. The smallest absolute Gasteiger partial charge is 0.164 e. The highest BCUT2D eigenvalue weighted by molar-refractivity contribution is 7.26. The van der Waals surface area contributed by atoms with Gasteiger partial charge in [-0.1, -0.05) is 202 Å². The van der Waals surface area contributed by atoms with Crippen molar-refractivity contribution in [1.29, 1.82) is 0 Å². The van der Waals surface area contributed by atoms with Crippen molar-refractivity contribution in [3.63, 3.8) is 0 Å². The van der Waals surface area contributed by atoms with E-state index < -0.39 is 0 Å². The molecule has 74 heavy (non-hydrogen) atoms. The largest absolute Gasteiger partial charge is 0.307 e. The third-order valence-electron chi connectivity index (χ3n) is 15.3. The minimum absolute atomic E-state index is 0.214. The molecular weight excluding hydrogens is 919 g/mol. The van der Waals surface area contributed by atoms with Gasteiger partial charge in [-0.2, -0.15) is 0 Å². The molecule has 1 aliphatic carbocycles. The summed E-state index contributed by atoms with van der Waals surface area (Å²) in [5.41, 5.74) is 18.4. The van der Waals surface area contributed by atoms with Crippen molar-refractivity contribution in [1.82, 2.24) is 24.1 Å². The average molecular weight is 964 g/mol. The van der Waals surface area contributed by atoms with E-state index in [0.717, 1.165) is 44.7 Å². The predicted molar refractivity (Wildman–Crippen MR) is 309 cm³/mol. The molecule has 0 atom stereocenters. The molecule has 0 N–H and O–H groups in total. The van der Waals surface area contributed by atoms with Crippen molar-refractivity contribution in [2.75, 3.05) is 0 Å². The van der Waals surface area contributed by atoms with E-state index >= 15 is 0 Å². The van der Waals surface area contributed by atoms with Gasteiger partial charge in [0.2, 0.25) is 0 Å². The first-order valence-electron chi connectivity index (χ1n) is 25.3. The van der Waals surface area contributed by atoms with Gasteiger partial charge in [0.15, 0.2) is 17.5 Å². The number of hydrogen-bond donors (Lipinski definition) is 0. The summed E-state index contributed by atoms with van der Waals surface area (Å²) in [4.78, 5) is 15.1. The van der Waals surface area contributed by atoms with Crippen molar-refractivity contribution in [3.05, 3.63) is 248 Å². The molecule has 0 bridgehead atoms. The Morgan fingerprint density at radius 2 is 0.919 bits per heavy atom. The van der Waals surface area contributed by atoms with Crippen LogP contribution in [0, 0.1) is 0 Å². The van der Waals surface area contributed by atoms with E-state index in [4.69, 9.17) is 15.0 Å². The summed E-state index contributed by atoms with van der Waals surface area (Å²) < 4.78 is 7.70. The van der Waals surface area contributed by atoms with Gasteiger partial charge >= 0.3 is 0 Å². The molecule has 0 fully saturated rings. The van der Waals surface area contributed by atoms with Crippen molar-refractivity contribution < 1.29 is 0 Å². The molecule has 0 aliphatic heterocycles. The second-order valence-electron chi connectivity index (χ2n) is 19.9. The molecule has 0 unspecified atom stereocenters. The molecule has 14 aromatic rings. The fourth-order valence-corrected chi connectivity index (χ4v) is 13.2. The number of benzene rings is 10. The van der Waals surface area contributed by atoms with Crippen LogP contribution in [-0.2, 0) is 5.41 Å². The van der Waals surface area contributed by atoms with E-state index in [1.165, 1.54) is 80.9 Å². The summed E-state index contributed by atoms with van der Waals surface area (Å²) in [5, 5.41) is 6.32. The van der Waals surface area contributed by atoms with Gasteiger partial charge in [0.25, 0.3) is 0 Å². The quantitative estimate of drug-likeness (QED) is 0.160. The Bertz CT molecular complexity index is 4490. The van der Waals surface area contributed by atoms with Crippen molar-refractivity contribution in [3.8, 4) is 79.0 Å². The van der Waals surface area contributed by atoms with Gasteiger partial charge in [-0.15, -0.1) is 11.3 Å². The van der Waals surface area contributed by atoms with E-state index in [1.54, 1.807) is 0 Å². The van der Waals surface area contributed by atoms with E-state index in [2.05, 4.69) is 199 Å². The lowest BCUT2D eigenvalue weighted by atomic mass is 9.81. The van der Waals surface area contributed by atoms with Gasteiger partial charge in [0.05, 0.1) is 22.2 Å². The van der Waals surface area contributed by atoms with E-state index in [-0.39, 0.29) is 5.41 Å². The topological polar surface area (TPSA) is 48.5 Å². The molecule has 0 amide bonds. The number of nitrogens with zero attached hydrogens (tertiary/aromatic N) is 5. The number of thiophene rings is 1. The van der Waals surface area contributed by atoms with Crippen LogP contribution in [0.4, 0.5) is 0 Å². The van der Waals surface area contributed by atoms with Crippen LogP contribution in [0.3, 0.4) is 0 Å². The van der Waals surface area contributed by atoms with Crippen LogP contribution < -0.4 is 0 Å². The number of rotatable bonds is 7.